The second kappa shape index (κ2) is 8.60. The fraction of sp³-hybridized carbons (Fsp3) is 0.471. The van der Waals surface area contributed by atoms with E-state index >= 15 is 0 Å². The van der Waals surface area contributed by atoms with Crippen LogP contribution in [0.1, 0.15) is 36.0 Å². The summed E-state index contributed by atoms with van der Waals surface area (Å²) in [7, 11) is 0. The van der Waals surface area contributed by atoms with Gasteiger partial charge in [0, 0.05) is 24.6 Å². The first-order valence-electron chi connectivity index (χ1n) is 7.55. The number of hydrogen-bond acceptors (Lipinski definition) is 4. The van der Waals surface area contributed by atoms with Crippen molar-refractivity contribution in [2.24, 2.45) is 0 Å². The molecule has 0 saturated carbocycles. The molecule has 0 atom stereocenters. The van der Waals surface area contributed by atoms with E-state index in [4.69, 9.17) is 9.15 Å². The molecular formula is C17H24N2O2. The monoisotopic (exact) mass is 288 g/mol. The van der Waals surface area contributed by atoms with Crippen LogP contribution in [0.5, 0.6) is 0 Å². The Kier molecular flexibility index (Phi) is 6.44. The molecule has 4 heteroatoms. The first kappa shape index (κ1) is 15.7. The van der Waals surface area contributed by atoms with Crippen molar-refractivity contribution in [1.29, 1.82) is 0 Å². The van der Waals surface area contributed by atoms with Gasteiger partial charge in [0.05, 0.1) is 13.2 Å². The summed E-state index contributed by atoms with van der Waals surface area (Å²) in [5.74, 6) is 1.93. The Labute approximate surface area is 126 Å². The molecule has 0 unspecified atom stereocenters. The quantitative estimate of drug-likeness (QED) is 0.720. The molecule has 2 aromatic heterocycles. The van der Waals surface area contributed by atoms with Crippen LogP contribution in [-0.2, 0) is 24.3 Å². The highest BCUT2D eigenvalue weighted by atomic mass is 16.5. The summed E-state index contributed by atoms with van der Waals surface area (Å²) >= 11 is 0. The van der Waals surface area contributed by atoms with Crippen molar-refractivity contribution in [3.05, 3.63) is 53.2 Å². The molecule has 0 aromatic carbocycles. The molecule has 0 aliphatic heterocycles. The van der Waals surface area contributed by atoms with Crippen LogP contribution in [0, 0.1) is 6.92 Å². The van der Waals surface area contributed by atoms with E-state index in [1.165, 1.54) is 5.56 Å². The summed E-state index contributed by atoms with van der Waals surface area (Å²) in [5.41, 5.74) is 2.45. The molecule has 21 heavy (non-hydrogen) atoms. The lowest BCUT2D eigenvalue weighted by atomic mass is 10.1. The van der Waals surface area contributed by atoms with E-state index in [1.807, 2.05) is 31.5 Å². The highest BCUT2D eigenvalue weighted by Gasteiger charge is 2.07. The minimum atomic E-state index is 0.623. The van der Waals surface area contributed by atoms with Crippen LogP contribution in [0.25, 0.3) is 0 Å². The van der Waals surface area contributed by atoms with E-state index in [1.54, 1.807) is 0 Å². The van der Waals surface area contributed by atoms with E-state index in [-0.39, 0.29) is 0 Å². The van der Waals surface area contributed by atoms with E-state index in [9.17, 15) is 0 Å². The van der Waals surface area contributed by atoms with E-state index in [2.05, 4.69) is 23.3 Å². The summed E-state index contributed by atoms with van der Waals surface area (Å²) in [6.07, 6.45) is 5.71. The van der Waals surface area contributed by atoms with Gasteiger partial charge in [-0.25, -0.2) is 0 Å². The van der Waals surface area contributed by atoms with Crippen LogP contribution < -0.4 is 5.32 Å². The van der Waals surface area contributed by atoms with Gasteiger partial charge in [0.25, 0.3) is 0 Å². The molecule has 114 valence electrons. The molecule has 0 aliphatic rings. The lowest BCUT2D eigenvalue weighted by Gasteiger charge is -2.03. The predicted octanol–water partition coefficient (Wildman–Crippen LogP) is 3.24. The lowest BCUT2D eigenvalue weighted by molar-refractivity contribution is 0.118. The number of pyridine rings is 1. The third-order valence-corrected chi connectivity index (χ3v) is 3.38. The Hall–Kier alpha value is -1.65. The molecular weight excluding hydrogens is 264 g/mol. The van der Waals surface area contributed by atoms with Gasteiger partial charge in [-0.05, 0) is 50.1 Å². The minimum absolute atomic E-state index is 0.623. The van der Waals surface area contributed by atoms with Gasteiger partial charge in [-0.3, -0.25) is 4.98 Å². The molecule has 2 heterocycles. The second-order valence-corrected chi connectivity index (χ2v) is 5.09. The zero-order chi connectivity index (χ0) is 14.9. The Bertz CT molecular complexity index is 523. The summed E-state index contributed by atoms with van der Waals surface area (Å²) < 4.78 is 11.4. The maximum absolute atomic E-state index is 5.74. The summed E-state index contributed by atoms with van der Waals surface area (Å²) in [6.45, 7) is 7.18. The van der Waals surface area contributed by atoms with Crippen LogP contribution in [-0.4, -0.2) is 18.1 Å². The van der Waals surface area contributed by atoms with Crippen molar-refractivity contribution >= 4 is 0 Å². The van der Waals surface area contributed by atoms with E-state index in [0.29, 0.717) is 6.61 Å². The van der Waals surface area contributed by atoms with Gasteiger partial charge in [0.15, 0.2) is 0 Å². The fourth-order valence-electron chi connectivity index (χ4n) is 2.18. The first-order chi connectivity index (χ1) is 10.3. The van der Waals surface area contributed by atoms with E-state index in [0.717, 1.165) is 49.6 Å². The molecule has 0 fully saturated rings. The predicted molar refractivity (Wildman–Crippen MR) is 83.0 cm³/mol. The zero-order valence-electron chi connectivity index (χ0n) is 12.9. The number of nitrogens with one attached hydrogen (secondary N) is 1. The van der Waals surface area contributed by atoms with Crippen LogP contribution in [0.3, 0.4) is 0 Å². The highest BCUT2D eigenvalue weighted by molar-refractivity contribution is 5.19. The van der Waals surface area contributed by atoms with Crippen molar-refractivity contribution in [2.45, 2.75) is 39.8 Å². The number of hydrogen-bond donors (Lipinski definition) is 1. The maximum Gasteiger partial charge on any atom is 0.118 e. The van der Waals surface area contributed by atoms with Gasteiger partial charge in [-0.1, -0.05) is 6.92 Å². The number of nitrogens with zero attached hydrogens (tertiary/aromatic N) is 1. The summed E-state index contributed by atoms with van der Waals surface area (Å²) in [5, 5.41) is 3.26. The molecule has 0 spiro atoms. The van der Waals surface area contributed by atoms with Crippen molar-refractivity contribution < 1.29 is 9.15 Å². The van der Waals surface area contributed by atoms with Crippen LogP contribution in [0.15, 0.2) is 35.0 Å². The van der Waals surface area contributed by atoms with Gasteiger partial charge in [0.2, 0.25) is 0 Å². The molecule has 1 N–H and O–H groups in total. The van der Waals surface area contributed by atoms with Gasteiger partial charge >= 0.3 is 0 Å². The standard InChI is InChI=1S/C17H24N2O2/c1-3-18-12-17-11-16(14(2)21-17)13-20-10-4-5-15-6-8-19-9-7-15/h6-9,11,18H,3-5,10,12-13H2,1-2H3. The summed E-state index contributed by atoms with van der Waals surface area (Å²) in [4.78, 5) is 4.02. The molecule has 2 rings (SSSR count). The van der Waals surface area contributed by atoms with Crippen LogP contribution in [0.4, 0.5) is 0 Å². The first-order valence-corrected chi connectivity index (χ1v) is 7.55. The summed E-state index contributed by atoms with van der Waals surface area (Å²) in [6, 6.07) is 6.18. The number of rotatable bonds is 9. The lowest BCUT2D eigenvalue weighted by Crippen LogP contribution is -2.10. The molecule has 0 saturated heterocycles. The van der Waals surface area contributed by atoms with Crippen molar-refractivity contribution in [3.63, 3.8) is 0 Å². The van der Waals surface area contributed by atoms with E-state index < -0.39 is 0 Å². The number of aryl methyl sites for hydroxylation is 2. The van der Waals surface area contributed by atoms with Gasteiger partial charge in [0.1, 0.15) is 11.5 Å². The molecule has 0 aliphatic carbocycles. The highest BCUT2D eigenvalue weighted by Crippen LogP contribution is 2.15. The minimum Gasteiger partial charge on any atom is -0.465 e. The number of furan rings is 1. The second-order valence-electron chi connectivity index (χ2n) is 5.09. The molecule has 4 nitrogen and oxygen atoms in total. The average Bonchev–Trinajstić information content (AvgIpc) is 2.86. The Morgan fingerprint density at radius 2 is 2.10 bits per heavy atom. The maximum atomic E-state index is 5.74. The average molecular weight is 288 g/mol. The number of aromatic nitrogens is 1. The molecule has 0 bridgehead atoms. The molecule has 0 amide bonds. The third kappa shape index (κ3) is 5.33. The van der Waals surface area contributed by atoms with Gasteiger partial charge in [-0.2, -0.15) is 0 Å². The van der Waals surface area contributed by atoms with Crippen molar-refractivity contribution in [2.75, 3.05) is 13.2 Å². The topological polar surface area (TPSA) is 47.3 Å². The Balaban J connectivity index is 1.67. The number of ether oxygens (including phenoxy) is 1. The normalized spacial score (nSPS) is 11.0. The molecule has 2 aromatic rings. The van der Waals surface area contributed by atoms with Crippen LogP contribution >= 0.6 is 0 Å². The fourth-order valence-corrected chi connectivity index (χ4v) is 2.18. The van der Waals surface area contributed by atoms with Gasteiger partial charge < -0.3 is 14.5 Å². The van der Waals surface area contributed by atoms with Crippen molar-refractivity contribution in [3.8, 4) is 0 Å². The largest absolute Gasteiger partial charge is 0.465 e. The molecule has 0 radical (unpaired) electrons. The zero-order valence-corrected chi connectivity index (χ0v) is 12.9. The van der Waals surface area contributed by atoms with Crippen LogP contribution in [0.2, 0.25) is 0 Å². The van der Waals surface area contributed by atoms with Crippen molar-refractivity contribution in [1.82, 2.24) is 10.3 Å². The third-order valence-electron chi connectivity index (χ3n) is 3.38. The SMILES string of the molecule is CCNCc1cc(COCCCc2ccncc2)c(C)o1. The van der Waals surface area contributed by atoms with Gasteiger partial charge in [-0.15, -0.1) is 0 Å². The Morgan fingerprint density at radius 3 is 2.86 bits per heavy atom. The Morgan fingerprint density at radius 1 is 1.29 bits per heavy atom. The smallest absolute Gasteiger partial charge is 0.118 e.